The third-order valence-corrected chi connectivity index (χ3v) is 3.37. The van der Waals surface area contributed by atoms with Crippen molar-refractivity contribution in [3.63, 3.8) is 0 Å². The number of nitrogens with one attached hydrogen (secondary N) is 1. The van der Waals surface area contributed by atoms with Crippen molar-refractivity contribution in [2.75, 3.05) is 11.9 Å². The number of benzene rings is 1. The molecule has 0 radical (unpaired) electrons. The van der Waals surface area contributed by atoms with Crippen molar-refractivity contribution >= 4 is 17.3 Å². The smallest absolute Gasteiger partial charge is 0.287 e. The number of anilines is 1. The van der Waals surface area contributed by atoms with Crippen molar-refractivity contribution in [2.45, 2.75) is 19.9 Å². The highest BCUT2D eigenvalue weighted by molar-refractivity contribution is 6.32. The minimum atomic E-state index is -0.326. The van der Waals surface area contributed by atoms with Crippen molar-refractivity contribution in [1.29, 1.82) is 0 Å². The van der Waals surface area contributed by atoms with Gasteiger partial charge in [0.15, 0.2) is 0 Å². The maximum Gasteiger partial charge on any atom is 0.287 e. The molecule has 112 valence electrons. The number of ether oxygens (including phenoxy) is 1. The van der Waals surface area contributed by atoms with Gasteiger partial charge in [0, 0.05) is 7.05 Å². The van der Waals surface area contributed by atoms with Gasteiger partial charge in [0.2, 0.25) is 0 Å². The molecule has 0 amide bonds. The molecule has 0 aliphatic rings. The number of hydrogen-bond donors (Lipinski definition) is 1. The summed E-state index contributed by atoms with van der Waals surface area (Å²) in [6, 6.07) is 7.83. The zero-order valence-corrected chi connectivity index (χ0v) is 13.0. The van der Waals surface area contributed by atoms with Crippen LogP contribution in [0.5, 0.6) is 5.75 Å². The fraction of sp³-hybridized carbons (Fsp3) is 0.333. The molecule has 5 nitrogen and oxygen atoms in total. The number of hydrogen-bond acceptors (Lipinski definition) is 4. The van der Waals surface area contributed by atoms with Gasteiger partial charge in [0.25, 0.3) is 5.56 Å². The second-order valence-corrected chi connectivity index (χ2v) is 5.35. The molecule has 1 aromatic carbocycles. The van der Waals surface area contributed by atoms with Crippen LogP contribution in [0, 0.1) is 6.92 Å². The quantitative estimate of drug-likeness (QED) is 0.922. The van der Waals surface area contributed by atoms with Gasteiger partial charge in [-0.3, -0.25) is 4.79 Å². The van der Waals surface area contributed by atoms with Crippen molar-refractivity contribution < 1.29 is 4.74 Å². The summed E-state index contributed by atoms with van der Waals surface area (Å²) in [6.45, 7) is 4.43. The first-order valence-corrected chi connectivity index (χ1v) is 7.03. The standard InChI is InChI=1S/C15H18ClN3O2/c1-10-4-6-12(7-5-10)21-9-11(2)18-13-8-17-19(3)15(20)14(13)16/h4-8,11,18H,9H2,1-3H3. The lowest BCUT2D eigenvalue weighted by Crippen LogP contribution is -2.27. The van der Waals surface area contributed by atoms with Gasteiger partial charge in [-0.15, -0.1) is 0 Å². The van der Waals surface area contributed by atoms with E-state index in [0.717, 1.165) is 5.75 Å². The molecule has 0 bridgehead atoms. The zero-order chi connectivity index (χ0) is 15.4. The first kappa shape index (κ1) is 15.4. The third-order valence-electron chi connectivity index (χ3n) is 3.00. The van der Waals surface area contributed by atoms with E-state index in [4.69, 9.17) is 16.3 Å². The lowest BCUT2D eigenvalue weighted by Gasteiger charge is -2.17. The topological polar surface area (TPSA) is 56.1 Å². The highest BCUT2D eigenvalue weighted by atomic mass is 35.5. The molecule has 1 heterocycles. The summed E-state index contributed by atoms with van der Waals surface area (Å²) in [4.78, 5) is 11.7. The molecule has 0 saturated carbocycles. The maximum absolute atomic E-state index is 11.7. The minimum Gasteiger partial charge on any atom is -0.491 e. The Labute approximate surface area is 128 Å². The van der Waals surface area contributed by atoms with Gasteiger partial charge in [-0.1, -0.05) is 29.3 Å². The van der Waals surface area contributed by atoms with Gasteiger partial charge < -0.3 is 10.1 Å². The van der Waals surface area contributed by atoms with Gasteiger partial charge in [0.05, 0.1) is 17.9 Å². The SMILES string of the molecule is Cc1ccc(OCC(C)Nc2cnn(C)c(=O)c2Cl)cc1. The summed E-state index contributed by atoms with van der Waals surface area (Å²) in [6.07, 6.45) is 1.53. The molecule has 21 heavy (non-hydrogen) atoms. The molecule has 1 aromatic heterocycles. The largest absolute Gasteiger partial charge is 0.491 e. The predicted octanol–water partition coefficient (Wildman–Crippen LogP) is 2.62. The average Bonchev–Trinajstić information content (AvgIpc) is 2.47. The van der Waals surface area contributed by atoms with Crippen LogP contribution in [0.1, 0.15) is 12.5 Å². The highest BCUT2D eigenvalue weighted by Crippen LogP contribution is 2.17. The Balaban J connectivity index is 1.96. The van der Waals surface area contributed by atoms with E-state index in [1.807, 2.05) is 38.1 Å². The molecule has 0 saturated heterocycles. The summed E-state index contributed by atoms with van der Waals surface area (Å²) in [5, 5.41) is 7.20. The summed E-state index contributed by atoms with van der Waals surface area (Å²) in [7, 11) is 1.56. The number of halogens is 1. The third kappa shape index (κ3) is 3.98. The maximum atomic E-state index is 11.7. The minimum absolute atomic E-state index is 0.0160. The molecule has 1 unspecified atom stereocenters. The second kappa shape index (κ2) is 6.63. The van der Waals surface area contributed by atoms with Crippen LogP contribution >= 0.6 is 11.6 Å². The second-order valence-electron chi connectivity index (χ2n) is 4.97. The molecule has 2 rings (SSSR count). The van der Waals surface area contributed by atoms with Crippen molar-refractivity contribution in [3.05, 3.63) is 51.4 Å². The highest BCUT2D eigenvalue weighted by Gasteiger charge is 2.10. The van der Waals surface area contributed by atoms with E-state index in [9.17, 15) is 4.79 Å². The molecule has 1 N–H and O–H groups in total. The molecular formula is C15H18ClN3O2. The van der Waals surface area contributed by atoms with Crippen LogP contribution in [0.15, 0.2) is 35.3 Å². The van der Waals surface area contributed by atoms with Gasteiger partial charge in [0.1, 0.15) is 17.4 Å². The van der Waals surface area contributed by atoms with Crippen LogP contribution in [-0.4, -0.2) is 22.4 Å². The average molecular weight is 308 g/mol. The number of rotatable bonds is 5. The first-order valence-electron chi connectivity index (χ1n) is 6.65. The molecular weight excluding hydrogens is 290 g/mol. The lowest BCUT2D eigenvalue weighted by molar-refractivity contribution is 0.304. The van der Waals surface area contributed by atoms with E-state index in [1.165, 1.54) is 16.4 Å². The summed E-state index contributed by atoms with van der Waals surface area (Å²) in [5.41, 5.74) is 1.37. The Morgan fingerprint density at radius 2 is 2.05 bits per heavy atom. The number of aryl methyl sites for hydroxylation is 2. The fourth-order valence-electron chi connectivity index (χ4n) is 1.77. The van der Waals surface area contributed by atoms with E-state index < -0.39 is 0 Å². The molecule has 1 atom stereocenters. The predicted molar refractivity (Wildman–Crippen MR) is 84.2 cm³/mol. The summed E-state index contributed by atoms with van der Waals surface area (Å²) < 4.78 is 6.87. The van der Waals surface area contributed by atoms with E-state index in [1.54, 1.807) is 7.05 Å². The monoisotopic (exact) mass is 307 g/mol. The van der Waals surface area contributed by atoms with Crippen LogP contribution in [0.3, 0.4) is 0 Å². The lowest BCUT2D eigenvalue weighted by atomic mass is 10.2. The van der Waals surface area contributed by atoms with Crippen LogP contribution in [-0.2, 0) is 7.05 Å². The molecule has 2 aromatic rings. The van der Waals surface area contributed by atoms with E-state index in [-0.39, 0.29) is 16.6 Å². The van der Waals surface area contributed by atoms with Crippen LogP contribution < -0.4 is 15.6 Å². The van der Waals surface area contributed by atoms with Crippen molar-refractivity contribution in [1.82, 2.24) is 9.78 Å². The van der Waals surface area contributed by atoms with Crippen LogP contribution in [0.25, 0.3) is 0 Å². The zero-order valence-electron chi connectivity index (χ0n) is 12.3. The van der Waals surface area contributed by atoms with Gasteiger partial charge >= 0.3 is 0 Å². The van der Waals surface area contributed by atoms with E-state index in [2.05, 4.69) is 10.4 Å². The van der Waals surface area contributed by atoms with Gasteiger partial charge in [-0.05, 0) is 26.0 Å². The molecule has 0 spiro atoms. The summed E-state index contributed by atoms with van der Waals surface area (Å²) in [5.74, 6) is 0.808. The number of aromatic nitrogens is 2. The van der Waals surface area contributed by atoms with Crippen molar-refractivity contribution in [2.24, 2.45) is 7.05 Å². The molecule has 0 fully saturated rings. The number of nitrogens with zero attached hydrogens (tertiary/aromatic N) is 2. The van der Waals surface area contributed by atoms with Gasteiger partial charge in [-0.25, -0.2) is 4.68 Å². The summed E-state index contributed by atoms with van der Waals surface area (Å²) >= 11 is 6.00. The Bertz CT molecular complexity index is 668. The Morgan fingerprint density at radius 3 is 2.71 bits per heavy atom. The first-order chi connectivity index (χ1) is 9.97. The van der Waals surface area contributed by atoms with Crippen LogP contribution in [0.2, 0.25) is 5.02 Å². The Kier molecular flexibility index (Phi) is 4.85. The van der Waals surface area contributed by atoms with Gasteiger partial charge in [-0.2, -0.15) is 5.10 Å². The normalized spacial score (nSPS) is 12.0. The van der Waals surface area contributed by atoms with Crippen LogP contribution in [0.4, 0.5) is 5.69 Å². The molecule has 0 aliphatic carbocycles. The van der Waals surface area contributed by atoms with E-state index >= 15 is 0 Å². The molecule has 6 heteroatoms. The Hall–Kier alpha value is -2.01. The van der Waals surface area contributed by atoms with E-state index in [0.29, 0.717) is 12.3 Å². The Morgan fingerprint density at radius 1 is 1.38 bits per heavy atom. The fourth-order valence-corrected chi connectivity index (χ4v) is 2.00. The molecule has 0 aliphatic heterocycles. The van der Waals surface area contributed by atoms with Crippen molar-refractivity contribution in [3.8, 4) is 5.75 Å².